The van der Waals surface area contributed by atoms with Gasteiger partial charge < -0.3 is 15.0 Å². The molecule has 3 heterocycles. The molecule has 4 rings (SSSR count). The molecular formula is C20H25ClN4O2. The smallest absolute Gasteiger partial charge is 0.271 e. The number of benzene rings is 1. The first kappa shape index (κ1) is 18.3. The summed E-state index contributed by atoms with van der Waals surface area (Å²) in [6.07, 6.45) is 6.27. The van der Waals surface area contributed by atoms with E-state index >= 15 is 0 Å². The Kier molecular flexibility index (Phi) is 5.10. The molecule has 1 amide bonds. The van der Waals surface area contributed by atoms with Crippen LogP contribution in [0.25, 0.3) is 0 Å². The van der Waals surface area contributed by atoms with E-state index in [-0.39, 0.29) is 18.7 Å². The monoisotopic (exact) mass is 388 g/mol. The zero-order valence-corrected chi connectivity index (χ0v) is 16.4. The van der Waals surface area contributed by atoms with Crippen LogP contribution in [0.4, 0.5) is 0 Å². The molecule has 0 radical (unpaired) electrons. The summed E-state index contributed by atoms with van der Waals surface area (Å²) in [6.45, 7) is 2.18. The number of piperidine rings is 1. The molecule has 2 aromatic rings. The molecule has 1 unspecified atom stereocenters. The second kappa shape index (κ2) is 7.52. The van der Waals surface area contributed by atoms with Gasteiger partial charge in [-0.15, -0.1) is 0 Å². The van der Waals surface area contributed by atoms with Gasteiger partial charge in [0.2, 0.25) is 0 Å². The van der Waals surface area contributed by atoms with Crippen molar-refractivity contribution in [2.24, 2.45) is 0 Å². The van der Waals surface area contributed by atoms with Crippen LogP contribution in [-0.2, 0) is 6.73 Å². The molecule has 2 aliphatic heterocycles. The average Bonchev–Trinajstić information content (AvgIpc) is 3.18. The lowest BCUT2D eigenvalue weighted by molar-refractivity contribution is 0.0875. The zero-order valence-electron chi connectivity index (χ0n) is 15.7. The Hall–Kier alpha value is -2.05. The van der Waals surface area contributed by atoms with E-state index in [0.29, 0.717) is 28.5 Å². The maximum atomic E-state index is 12.6. The lowest BCUT2D eigenvalue weighted by Crippen LogP contribution is -2.48. The van der Waals surface area contributed by atoms with E-state index in [2.05, 4.69) is 22.4 Å². The second-order valence-electron chi connectivity index (χ2n) is 7.64. The fraction of sp³-hybridized carbons (Fsp3) is 0.500. The topological polar surface area (TPSA) is 59.4 Å². The minimum absolute atomic E-state index is 0.115. The normalized spacial score (nSPS) is 24.8. The highest BCUT2D eigenvalue weighted by Crippen LogP contribution is 2.34. The quantitative estimate of drug-likeness (QED) is 0.854. The van der Waals surface area contributed by atoms with Gasteiger partial charge in [0.05, 0.1) is 5.02 Å². The van der Waals surface area contributed by atoms with Gasteiger partial charge in [-0.1, -0.05) is 17.7 Å². The number of hydrogen-bond acceptors (Lipinski definition) is 4. The molecule has 2 aliphatic rings. The predicted octanol–water partition coefficient (Wildman–Crippen LogP) is 3.24. The molecule has 7 heteroatoms. The van der Waals surface area contributed by atoms with Gasteiger partial charge in [0, 0.05) is 24.3 Å². The van der Waals surface area contributed by atoms with Crippen LogP contribution in [0.3, 0.4) is 0 Å². The highest BCUT2D eigenvalue weighted by molar-refractivity contribution is 6.32. The Bertz CT molecular complexity index is 823. The van der Waals surface area contributed by atoms with Crippen molar-refractivity contribution < 1.29 is 9.53 Å². The number of nitrogens with one attached hydrogen (secondary N) is 1. The molecule has 1 aromatic carbocycles. The predicted molar refractivity (Wildman–Crippen MR) is 104 cm³/mol. The number of amides is 1. The van der Waals surface area contributed by atoms with Crippen LogP contribution in [0, 0.1) is 6.92 Å². The van der Waals surface area contributed by atoms with E-state index in [0.717, 1.165) is 18.4 Å². The van der Waals surface area contributed by atoms with E-state index in [1.165, 1.54) is 12.8 Å². The van der Waals surface area contributed by atoms with Crippen LogP contribution in [0.1, 0.15) is 41.7 Å². The Morgan fingerprint density at radius 3 is 2.78 bits per heavy atom. The van der Waals surface area contributed by atoms with Gasteiger partial charge >= 0.3 is 0 Å². The summed E-state index contributed by atoms with van der Waals surface area (Å²) in [6, 6.07) is 8.77. The van der Waals surface area contributed by atoms with Crippen molar-refractivity contribution in [1.29, 1.82) is 0 Å². The first-order valence-electron chi connectivity index (χ1n) is 9.45. The summed E-state index contributed by atoms with van der Waals surface area (Å²) in [5, 5.41) is 8.05. The fourth-order valence-electron chi connectivity index (χ4n) is 4.20. The van der Waals surface area contributed by atoms with E-state index in [4.69, 9.17) is 16.3 Å². The SMILES string of the molecule is Cc1ccc(Cl)c(OCn2ccc(C(=O)NC3C[C@H]4CC[C@@H](C3)N4C)n2)c1. The molecule has 2 bridgehead atoms. The summed E-state index contributed by atoms with van der Waals surface area (Å²) in [5.41, 5.74) is 1.49. The molecule has 0 aliphatic carbocycles. The van der Waals surface area contributed by atoms with Gasteiger partial charge in [-0.25, -0.2) is 4.68 Å². The highest BCUT2D eigenvalue weighted by Gasteiger charge is 2.38. The molecule has 144 valence electrons. The Morgan fingerprint density at radius 2 is 2.04 bits per heavy atom. The summed E-state index contributed by atoms with van der Waals surface area (Å²) in [5.74, 6) is 0.497. The van der Waals surface area contributed by atoms with Crippen molar-refractivity contribution in [2.45, 2.75) is 57.5 Å². The van der Waals surface area contributed by atoms with Gasteiger partial charge in [-0.2, -0.15) is 5.10 Å². The van der Waals surface area contributed by atoms with Gasteiger partial charge in [0.15, 0.2) is 6.73 Å². The Balaban J connectivity index is 1.33. The van der Waals surface area contributed by atoms with Gasteiger partial charge in [-0.05, 0) is 63.4 Å². The van der Waals surface area contributed by atoms with Crippen molar-refractivity contribution in [3.63, 3.8) is 0 Å². The van der Waals surface area contributed by atoms with E-state index in [1.54, 1.807) is 16.9 Å². The second-order valence-corrected chi connectivity index (χ2v) is 8.05. The number of carbonyl (C=O) groups excluding carboxylic acids is 1. The molecule has 2 fully saturated rings. The Labute approximate surface area is 164 Å². The van der Waals surface area contributed by atoms with Crippen LogP contribution >= 0.6 is 11.6 Å². The lowest BCUT2D eigenvalue weighted by atomic mass is 9.98. The molecule has 3 atom stereocenters. The molecule has 1 N–H and O–H groups in total. The number of rotatable bonds is 5. The first-order valence-corrected chi connectivity index (χ1v) is 9.82. The van der Waals surface area contributed by atoms with Crippen molar-refractivity contribution >= 4 is 17.5 Å². The van der Waals surface area contributed by atoms with Crippen LogP contribution in [0.2, 0.25) is 5.02 Å². The highest BCUT2D eigenvalue weighted by atomic mass is 35.5. The molecule has 2 saturated heterocycles. The van der Waals surface area contributed by atoms with Crippen molar-refractivity contribution in [3.8, 4) is 5.75 Å². The average molecular weight is 389 g/mol. The lowest BCUT2D eigenvalue weighted by Gasteiger charge is -2.36. The van der Waals surface area contributed by atoms with E-state index < -0.39 is 0 Å². The zero-order chi connectivity index (χ0) is 19.0. The number of ether oxygens (including phenoxy) is 1. The minimum atomic E-state index is -0.115. The number of halogens is 1. The molecule has 0 spiro atoms. The minimum Gasteiger partial charge on any atom is -0.470 e. The number of fused-ring (bicyclic) bond motifs is 2. The molecule has 0 saturated carbocycles. The summed E-state index contributed by atoms with van der Waals surface area (Å²) in [7, 11) is 2.20. The Morgan fingerprint density at radius 1 is 1.30 bits per heavy atom. The number of hydrogen-bond donors (Lipinski definition) is 1. The number of aryl methyl sites for hydroxylation is 1. The van der Waals surface area contributed by atoms with Crippen LogP contribution in [-0.4, -0.2) is 45.8 Å². The fourth-order valence-corrected chi connectivity index (χ4v) is 4.37. The largest absolute Gasteiger partial charge is 0.470 e. The van der Waals surface area contributed by atoms with Crippen LogP contribution in [0.5, 0.6) is 5.75 Å². The number of aromatic nitrogens is 2. The number of carbonyl (C=O) groups is 1. The first-order chi connectivity index (χ1) is 13.0. The third-order valence-electron chi connectivity index (χ3n) is 5.75. The van der Waals surface area contributed by atoms with Crippen LogP contribution in [0.15, 0.2) is 30.5 Å². The molecular weight excluding hydrogens is 364 g/mol. The third kappa shape index (κ3) is 3.96. The molecule has 27 heavy (non-hydrogen) atoms. The molecule has 1 aromatic heterocycles. The van der Waals surface area contributed by atoms with E-state index in [9.17, 15) is 4.79 Å². The van der Waals surface area contributed by atoms with E-state index in [1.807, 2.05) is 25.1 Å². The maximum absolute atomic E-state index is 12.6. The third-order valence-corrected chi connectivity index (χ3v) is 6.06. The van der Waals surface area contributed by atoms with Crippen molar-refractivity contribution in [3.05, 3.63) is 46.7 Å². The van der Waals surface area contributed by atoms with Crippen LogP contribution < -0.4 is 10.1 Å². The summed E-state index contributed by atoms with van der Waals surface area (Å²) in [4.78, 5) is 15.0. The van der Waals surface area contributed by atoms with Crippen molar-refractivity contribution in [1.82, 2.24) is 20.0 Å². The van der Waals surface area contributed by atoms with Gasteiger partial charge in [0.1, 0.15) is 11.4 Å². The number of nitrogens with zero attached hydrogens (tertiary/aromatic N) is 3. The van der Waals surface area contributed by atoms with Gasteiger partial charge in [-0.3, -0.25) is 4.79 Å². The standard InChI is InChI=1S/C20H25ClN4O2/c1-13-3-6-17(21)19(9-13)27-12-25-8-7-18(23-25)20(26)22-14-10-15-4-5-16(11-14)24(15)2/h3,6-9,14-16H,4-5,10-12H2,1-2H3,(H,22,26)/t14?,15-,16+. The maximum Gasteiger partial charge on any atom is 0.271 e. The summed E-state index contributed by atoms with van der Waals surface area (Å²) >= 11 is 6.14. The van der Waals surface area contributed by atoms with Crippen molar-refractivity contribution in [2.75, 3.05) is 7.05 Å². The summed E-state index contributed by atoms with van der Waals surface area (Å²) < 4.78 is 7.33. The molecule has 6 nitrogen and oxygen atoms in total. The van der Waals surface area contributed by atoms with Gasteiger partial charge in [0.25, 0.3) is 5.91 Å².